The van der Waals surface area contributed by atoms with Crippen LogP contribution in [0.2, 0.25) is 0 Å². The Morgan fingerprint density at radius 1 is 1.19 bits per heavy atom. The van der Waals surface area contributed by atoms with E-state index in [1.54, 1.807) is 0 Å². The lowest BCUT2D eigenvalue weighted by molar-refractivity contribution is -0.191. The van der Waals surface area contributed by atoms with E-state index in [9.17, 15) is 14.7 Å². The molecule has 0 aromatic heterocycles. The molecule has 0 aliphatic heterocycles. The lowest BCUT2D eigenvalue weighted by Gasteiger charge is -2.63. The van der Waals surface area contributed by atoms with E-state index in [1.807, 2.05) is 6.92 Å². The van der Waals surface area contributed by atoms with Gasteiger partial charge in [-0.1, -0.05) is 26.8 Å². The van der Waals surface area contributed by atoms with E-state index in [4.69, 9.17) is 4.74 Å². The van der Waals surface area contributed by atoms with E-state index < -0.39 is 16.4 Å². The van der Waals surface area contributed by atoms with Gasteiger partial charge in [-0.15, -0.1) is 0 Å². The van der Waals surface area contributed by atoms with Crippen LogP contribution in [-0.2, 0) is 14.3 Å². The molecule has 6 atom stereocenters. The van der Waals surface area contributed by atoms with Crippen molar-refractivity contribution in [2.75, 3.05) is 6.61 Å². The van der Waals surface area contributed by atoms with E-state index in [0.29, 0.717) is 25.0 Å². The molecule has 4 nitrogen and oxygen atoms in total. The van der Waals surface area contributed by atoms with Crippen molar-refractivity contribution < 1.29 is 19.4 Å². The van der Waals surface area contributed by atoms with Gasteiger partial charge in [0.15, 0.2) is 5.78 Å². The number of fused-ring (bicyclic) bond motifs is 3. The van der Waals surface area contributed by atoms with Crippen LogP contribution in [0.5, 0.6) is 0 Å². The first-order valence-electron chi connectivity index (χ1n) is 10.8. The van der Waals surface area contributed by atoms with E-state index in [-0.39, 0.29) is 29.0 Å². The fourth-order valence-electron chi connectivity index (χ4n) is 7.72. The van der Waals surface area contributed by atoms with Crippen molar-refractivity contribution in [2.45, 2.75) is 84.2 Å². The van der Waals surface area contributed by atoms with Crippen LogP contribution < -0.4 is 0 Å². The molecule has 2 bridgehead atoms. The largest absolute Gasteiger partial charge is 0.465 e. The van der Waals surface area contributed by atoms with Crippen molar-refractivity contribution in [2.24, 2.45) is 28.1 Å². The molecule has 4 aliphatic rings. The molecular formula is C23H34O4. The van der Waals surface area contributed by atoms with Crippen molar-refractivity contribution in [3.8, 4) is 0 Å². The summed E-state index contributed by atoms with van der Waals surface area (Å²) >= 11 is 0. The third-order valence-corrected chi connectivity index (χ3v) is 8.97. The van der Waals surface area contributed by atoms with E-state index in [2.05, 4.69) is 20.4 Å². The Labute approximate surface area is 162 Å². The molecule has 4 rings (SSSR count). The normalized spacial score (nSPS) is 48.7. The lowest BCUT2D eigenvalue weighted by Crippen LogP contribution is -2.60. The lowest BCUT2D eigenvalue weighted by atomic mass is 9.40. The number of Topliss-reactive ketones (excluding diaryl/α,β-unsaturated/α-hetero) is 1. The Kier molecular flexibility index (Phi) is 4.20. The van der Waals surface area contributed by atoms with Crippen molar-refractivity contribution in [3.63, 3.8) is 0 Å². The van der Waals surface area contributed by atoms with Gasteiger partial charge in [-0.05, 0) is 75.5 Å². The Bertz CT molecular complexity index is 698. The summed E-state index contributed by atoms with van der Waals surface area (Å²) in [5.41, 5.74) is -1.53. The van der Waals surface area contributed by atoms with Crippen molar-refractivity contribution >= 4 is 11.8 Å². The molecule has 0 heterocycles. The molecule has 0 radical (unpaired) electrons. The third kappa shape index (κ3) is 2.31. The number of esters is 1. The minimum Gasteiger partial charge on any atom is -0.465 e. The van der Waals surface area contributed by atoms with Gasteiger partial charge in [0.05, 0.1) is 17.6 Å². The first-order chi connectivity index (χ1) is 12.6. The van der Waals surface area contributed by atoms with Crippen molar-refractivity contribution in [3.05, 3.63) is 12.2 Å². The maximum absolute atomic E-state index is 13.3. The van der Waals surface area contributed by atoms with E-state index in [1.165, 1.54) is 0 Å². The molecule has 4 fully saturated rings. The summed E-state index contributed by atoms with van der Waals surface area (Å²) < 4.78 is 5.62. The molecule has 4 heteroatoms. The Hall–Kier alpha value is -1.16. The molecule has 4 aliphatic carbocycles. The van der Waals surface area contributed by atoms with Crippen LogP contribution in [0.1, 0.15) is 78.6 Å². The summed E-state index contributed by atoms with van der Waals surface area (Å²) in [5.74, 6) is 0.527. The second kappa shape index (κ2) is 5.92. The van der Waals surface area contributed by atoms with Gasteiger partial charge < -0.3 is 9.84 Å². The number of hydrogen-bond acceptors (Lipinski definition) is 4. The minimum atomic E-state index is -0.991. The second-order valence-corrected chi connectivity index (χ2v) is 10.3. The standard InChI is InChI=1S/C23H34O4/c1-5-13-27-19(25)21(4)10-6-9-20(3)16(21)7-11-22-14-23(26,12-8-17(20)22)15(2)18(22)24/h16-17,26H,2,5-14H2,1,3-4H3/t16-,17-,20+,21+,22+,23-/m0/s1. The van der Waals surface area contributed by atoms with Crippen molar-refractivity contribution in [1.82, 2.24) is 0 Å². The molecule has 0 amide bonds. The quantitative estimate of drug-likeness (QED) is 0.594. The molecule has 1 N–H and O–H groups in total. The highest BCUT2D eigenvalue weighted by molar-refractivity contribution is 6.04. The van der Waals surface area contributed by atoms with E-state index in [0.717, 1.165) is 44.9 Å². The Morgan fingerprint density at radius 2 is 1.89 bits per heavy atom. The van der Waals surface area contributed by atoms with Crippen LogP contribution >= 0.6 is 0 Å². The zero-order valence-electron chi connectivity index (χ0n) is 17.1. The highest BCUT2D eigenvalue weighted by atomic mass is 16.5. The van der Waals surface area contributed by atoms with Gasteiger partial charge in [0.25, 0.3) is 0 Å². The number of ketones is 1. The molecular weight excluding hydrogens is 340 g/mol. The highest BCUT2D eigenvalue weighted by Gasteiger charge is 2.71. The summed E-state index contributed by atoms with van der Waals surface area (Å²) in [4.78, 5) is 26.3. The SMILES string of the molecule is C=C1C(=O)[C@@]23CC[C@H]4[C@@](C)(CCC[C@@]4(C)C(=O)OCCC)[C@@H]2CC[C@]1(O)C3. The van der Waals surface area contributed by atoms with Crippen LogP contribution in [0.3, 0.4) is 0 Å². The number of aliphatic hydroxyl groups is 1. The van der Waals surface area contributed by atoms with Crippen LogP contribution in [-0.4, -0.2) is 29.1 Å². The predicted octanol–water partition coefficient (Wildman–Crippen LogP) is 4.20. The third-order valence-electron chi connectivity index (χ3n) is 8.97. The second-order valence-electron chi connectivity index (χ2n) is 10.3. The molecule has 0 saturated heterocycles. The Morgan fingerprint density at radius 3 is 2.59 bits per heavy atom. The van der Waals surface area contributed by atoms with Gasteiger partial charge in [-0.3, -0.25) is 9.59 Å². The van der Waals surface area contributed by atoms with E-state index >= 15 is 0 Å². The summed E-state index contributed by atoms with van der Waals surface area (Å²) in [6.07, 6.45) is 7.42. The minimum absolute atomic E-state index is 0.0503. The fraction of sp³-hybridized carbons (Fsp3) is 0.826. The number of rotatable bonds is 3. The van der Waals surface area contributed by atoms with Gasteiger partial charge in [0, 0.05) is 11.0 Å². The highest BCUT2D eigenvalue weighted by Crippen LogP contribution is 2.71. The zero-order valence-corrected chi connectivity index (χ0v) is 17.1. The Balaban J connectivity index is 1.71. The molecule has 150 valence electrons. The van der Waals surface area contributed by atoms with Gasteiger partial charge in [0.1, 0.15) is 0 Å². The fourth-order valence-corrected chi connectivity index (χ4v) is 7.72. The smallest absolute Gasteiger partial charge is 0.312 e. The van der Waals surface area contributed by atoms with Gasteiger partial charge in [-0.25, -0.2) is 0 Å². The summed E-state index contributed by atoms with van der Waals surface area (Å²) in [6, 6.07) is 0. The first kappa shape index (κ1) is 19.2. The van der Waals surface area contributed by atoms with Crippen LogP contribution in [0.4, 0.5) is 0 Å². The van der Waals surface area contributed by atoms with Crippen LogP contribution in [0.15, 0.2) is 12.2 Å². The average molecular weight is 375 g/mol. The summed E-state index contributed by atoms with van der Waals surface area (Å²) in [7, 11) is 0. The van der Waals surface area contributed by atoms with Crippen LogP contribution in [0, 0.1) is 28.1 Å². The van der Waals surface area contributed by atoms with Crippen LogP contribution in [0.25, 0.3) is 0 Å². The predicted molar refractivity (Wildman–Crippen MR) is 103 cm³/mol. The monoisotopic (exact) mass is 374 g/mol. The first-order valence-corrected chi connectivity index (χ1v) is 10.8. The topological polar surface area (TPSA) is 63.6 Å². The molecule has 27 heavy (non-hydrogen) atoms. The summed E-state index contributed by atoms with van der Waals surface area (Å²) in [5, 5.41) is 11.0. The van der Waals surface area contributed by atoms with Gasteiger partial charge in [0.2, 0.25) is 0 Å². The number of ether oxygens (including phenoxy) is 1. The van der Waals surface area contributed by atoms with Crippen molar-refractivity contribution in [1.29, 1.82) is 0 Å². The summed E-state index contributed by atoms with van der Waals surface area (Å²) in [6.45, 7) is 10.9. The maximum atomic E-state index is 13.3. The van der Waals surface area contributed by atoms with Gasteiger partial charge in [-0.2, -0.15) is 0 Å². The molecule has 0 unspecified atom stereocenters. The number of hydrogen-bond donors (Lipinski definition) is 1. The maximum Gasteiger partial charge on any atom is 0.312 e. The average Bonchev–Trinajstić information content (AvgIpc) is 2.76. The molecule has 0 aromatic carbocycles. The zero-order chi connectivity index (χ0) is 19.7. The molecule has 4 saturated carbocycles. The molecule has 1 spiro atoms. The number of carbonyl (C=O) groups is 2. The van der Waals surface area contributed by atoms with Gasteiger partial charge >= 0.3 is 5.97 Å². The molecule has 0 aromatic rings. The number of carbonyl (C=O) groups excluding carboxylic acids is 2.